The normalized spacial score (nSPS) is 16.5. The van der Waals surface area contributed by atoms with E-state index in [1.54, 1.807) is 6.92 Å². The van der Waals surface area contributed by atoms with Crippen LogP contribution in [0.4, 0.5) is 18.9 Å². The van der Waals surface area contributed by atoms with Crippen LogP contribution in [0.2, 0.25) is 0 Å². The highest BCUT2D eigenvalue weighted by molar-refractivity contribution is 6.00. The van der Waals surface area contributed by atoms with E-state index >= 15 is 0 Å². The minimum absolute atomic E-state index is 0.0640. The number of hydrogen-bond acceptors (Lipinski definition) is 4. The van der Waals surface area contributed by atoms with E-state index < -0.39 is 17.4 Å². The molecule has 0 bridgehead atoms. The van der Waals surface area contributed by atoms with Crippen LogP contribution in [-0.4, -0.2) is 27.1 Å². The summed E-state index contributed by atoms with van der Waals surface area (Å²) in [5.74, 6) is 0. The lowest BCUT2D eigenvalue weighted by Gasteiger charge is -2.25. The molecular weight excluding hydrogens is 321 g/mol. The van der Waals surface area contributed by atoms with Gasteiger partial charge in [-0.3, -0.25) is 4.79 Å². The molecule has 2 heterocycles. The number of aldehydes is 1. The minimum Gasteiger partial charge on any atom is -0.381 e. The van der Waals surface area contributed by atoms with Crippen molar-refractivity contribution >= 4 is 23.0 Å². The molecular formula is C16H19F3N4O. The van der Waals surface area contributed by atoms with E-state index in [4.69, 9.17) is 0 Å². The molecule has 0 spiro atoms. The Labute approximate surface area is 137 Å². The minimum atomic E-state index is -4.70. The molecule has 1 N–H and O–H groups in total. The van der Waals surface area contributed by atoms with E-state index in [2.05, 4.69) is 15.4 Å². The second-order valence-corrected chi connectivity index (χ2v) is 6.04. The van der Waals surface area contributed by atoms with Crippen LogP contribution in [-0.2, 0) is 12.7 Å². The van der Waals surface area contributed by atoms with Gasteiger partial charge in [0.1, 0.15) is 0 Å². The summed E-state index contributed by atoms with van der Waals surface area (Å²) in [7, 11) is 0. The Bertz CT molecular complexity index is 748. The number of nitrogens with zero attached hydrogens (tertiary/aromatic N) is 3. The van der Waals surface area contributed by atoms with Crippen LogP contribution in [0.3, 0.4) is 0 Å². The first-order valence-electron chi connectivity index (χ1n) is 8.14. The first-order chi connectivity index (χ1) is 11.5. The smallest absolute Gasteiger partial charge is 0.381 e. The molecule has 0 aromatic carbocycles. The molecule has 0 aliphatic heterocycles. The highest BCUT2D eigenvalue weighted by atomic mass is 19.4. The number of nitrogens with one attached hydrogen (secondary N) is 1. The van der Waals surface area contributed by atoms with Gasteiger partial charge >= 0.3 is 6.18 Å². The Morgan fingerprint density at radius 1 is 1.33 bits per heavy atom. The van der Waals surface area contributed by atoms with Crippen LogP contribution in [0.5, 0.6) is 0 Å². The lowest BCUT2D eigenvalue weighted by Crippen LogP contribution is -2.24. The van der Waals surface area contributed by atoms with Gasteiger partial charge < -0.3 is 5.32 Å². The number of carbonyl (C=O) groups excluding carboxylic acids is 1. The molecule has 0 atom stereocenters. The third-order valence-corrected chi connectivity index (χ3v) is 4.46. The summed E-state index contributed by atoms with van der Waals surface area (Å²) in [6, 6.07) is 0.0640. The van der Waals surface area contributed by atoms with Crippen LogP contribution in [0.1, 0.15) is 55.1 Å². The maximum absolute atomic E-state index is 13.4. The van der Waals surface area contributed by atoms with Crippen molar-refractivity contribution in [3.8, 4) is 0 Å². The van der Waals surface area contributed by atoms with Crippen molar-refractivity contribution in [2.24, 2.45) is 0 Å². The monoisotopic (exact) mass is 340 g/mol. The highest BCUT2D eigenvalue weighted by Gasteiger charge is 2.38. The SMILES string of the molecule is CCn1ncc2c(NC3CCCCC3)c(C=O)c(C(F)(F)F)nc21. The van der Waals surface area contributed by atoms with Crippen LogP contribution in [0, 0.1) is 0 Å². The Morgan fingerprint density at radius 2 is 2.04 bits per heavy atom. The molecule has 1 saturated carbocycles. The first kappa shape index (κ1) is 16.7. The van der Waals surface area contributed by atoms with Gasteiger partial charge in [0.2, 0.25) is 0 Å². The molecule has 3 rings (SSSR count). The Kier molecular flexibility index (Phi) is 4.47. The third-order valence-electron chi connectivity index (χ3n) is 4.46. The summed E-state index contributed by atoms with van der Waals surface area (Å²) in [5.41, 5.74) is -1.24. The number of alkyl halides is 3. The fourth-order valence-corrected chi connectivity index (χ4v) is 3.27. The van der Waals surface area contributed by atoms with Gasteiger partial charge in [0.05, 0.1) is 22.8 Å². The summed E-state index contributed by atoms with van der Waals surface area (Å²) in [5, 5.41) is 7.72. The Balaban J connectivity index is 2.19. The van der Waals surface area contributed by atoms with Crippen molar-refractivity contribution in [1.82, 2.24) is 14.8 Å². The molecule has 1 aliphatic rings. The summed E-state index contributed by atoms with van der Waals surface area (Å²) < 4.78 is 41.6. The van der Waals surface area contributed by atoms with Crippen LogP contribution in [0.25, 0.3) is 11.0 Å². The molecule has 2 aromatic heterocycles. The first-order valence-corrected chi connectivity index (χ1v) is 8.14. The van der Waals surface area contributed by atoms with Crippen LogP contribution >= 0.6 is 0 Å². The number of rotatable bonds is 4. The molecule has 0 radical (unpaired) electrons. The third kappa shape index (κ3) is 2.97. The molecule has 1 fully saturated rings. The van der Waals surface area contributed by atoms with E-state index in [9.17, 15) is 18.0 Å². The second kappa shape index (κ2) is 6.41. The Morgan fingerprint density at radius 3 is 2.62 bits per heavy atom. The fraction of sp³-hybridized carbons (Fsp3) is 0.562. The lowest BCUT2D eigenvalue weighted by atomic mass is 9.94. The predicted molar refractivity (Wildman–Crippen MR) is 84.1 cm³/mol. The van der Waals surface area contributed by atoms with Gasteiger partial charge in [0, 0.05) is 12.6 Å². The lowest BCUT2D eigenvalue weighted by molar-refractivity contribution is -0.141. The van der Waals surface area contributed by atoms with Gasteiger partial charge in [-0.1, -0.05) is 19.3 Å². The number of halogens is 3. The molecule has 0 saturated heterocycles. The van der Waals surface area contributed by atoms with Crippen molar-refractivity contribution in [3.05, 3.63) is 17.5 Å². The van der Waals surface area contributed by atoms with Gasteiger partial charge in [-0.05, 0) is 19.8 Å². The van der Waals surface area contributed by atoms with Crippen molar-refractivity contribution in [2.75, 3.05) is 5.32 Å². The number of anilines is 1. The summed E-state index contributed by atoms with van der Waals surface area (Å²) in [6.07, 6.45) is 1.97. The van der Waals surface area contributed by atoms with Crippen molar-refractivity contribution < 1.29 is 18.0 Å². The fourth-order valence-electron chi connectivity index (χ4n) is 3.27. The van der Waals surface area contributed by atoms with Crippen LogP contribution in [0.15, 0.2) is 6.20 Å². The van der Waals surface area contributed by atoms with E-state index in [1.807, 2.05) is 0 Å². The van der Waals surface area contributed by atoms with Gasteiger partial charge in [0.25, 0.3) is 0 Å². The van der Waals surface area contributed by atoms with E-state index in [-0.39, 0.29) is 23.7 Å². The molecule has 5 nitrogen and oxygen atoms in total. The van der Waals surface area contributed by atoms with Gasteiger partial charge in [0.15, 0.2) is 17.6 Å². The Hall–Kier alpha value is -2.12. The number of aryl methyl sites for hydroxylation is 1. The van der Waals surface area contributed by atoms with E-state index in [0.717, 1.165) is 32.1 Å². The zero-order valence-corrected chi connectivity index (χ0v) is 13.4. The van der Waals surface area contributed by atoms with Gasteiger partial charge in [-0.15, -0.1) is 0 Å². The number of pyridine rings is 1. The van der Waals surface area contributed by atoms with E-state index in [0.29, 0.717) is 11.9 Å². The van der Waals surface area contributed by atoms with Crippen molar-refractivity contribution in [2.45, 2.75) is 57.8 Å². The molecule has 0 amide bonds. The number of hydrogen-bond donors (Lipinski definition) is 1. The maximum atomic E-state index is 13.4. The zero-order chi connectivity index (χ0) is 17.3. The zero-order valence-electron chi connectivity index (χ0n) is 13.4. The topological polar surface area (TPSA) is 59.8 Å². The molecule has 8 heteroatoms. The standard InChI is InChI=1S/C16H19F3N4O/c1-2-23-15-11(8-20-23)13(21-10-6-4-3-5-7-10)12(9-24)14(22-15)16(17,18)19/h8-10H,2-7H2,1H3,(H,21,22). The summed E-state index contributed by atoms with van der Waals surface area (Å²) >= 11 is 0. The van der Waals surface area contributed by atoms with Crippen molar-refractivity contribution in [3.63, 3.8) is 0 Å². The molecule has 2 aromatic rings. The van der Waals surface area contributed by atoms with Crippen molar-refractivity contribution in [1.29, 1.82) is 0 Å². The van der Waals surface area contributed by atoms with Gasteiger partial charge in [-0.2, -0.15) is 18.3 Å². The molecule has 0 unspecified atom stereocenters. The number of fused-ring (bicyclic) bond motifs is 1. The summed E-state index contributed by atoms with van der Waals surface area (Å²) in [4.78, 5) is 15.2. The van der Waals surface area contributed by atoms with Gasteiger partial charge in [-0.25, -0.2) is 9.67 Å². The largest absolute Gasteiger partial charge is 0.434 e. The number of carbonyl (C=O) groups is 1. The molecule has 24 heavy (non-hydrogen) atoms. The second-order valence-electron chi connectivity index (χ2n) is 6.04. The molecule has 130 valence electrons. The average Bonchev–Trinajstić information content (AvgIpc) is 2.97. The van der Waals surface area contributed by atoms with E-state index in [1.165, 1.54) is 10.9 Å². The maximum Gasteiger partial charge on any atom is 0.434 e. The quantitative estimate of drug-likeness (QED) is 0.854. The van der Waals surface area contributed by atoms with Crippen LogP contribution < -0.4 is 5.32 Å². The molecule has 1 aliphatic carbocycles. The number of aromatic nitrogens is 3. The predicted octanol–water partition coefficient (Wildman–Crippen LogP) is 4.03. The highest BCUT2D eigenvalue weighted by Crippen LogP contribution is 2.37. The summed E-state index contributed by atoms with van der Waals surface area (Å²) in [6.45, 7) is 2.18. The average molecular weight is 340 g/mol.